The average Bonchev–Trinajstić information content (AvgIpc) is 3.43. The fraction of sp³-hybridized carbons (Fsp3) is 0.333. The van der Waals surface area contributed by atoms with Crippen molar-refractivity contribution in [3.05, 3.63) is 70.9 Å². The molecule has 2 aromatic carbocycles. The SMILES string of the molecule is CC12CCC(=O)N1C(C(=O)NCC(c1ccccc1Cl)c1c[nH]c3ccccc13)CS2. The molecule has 3 unspecified atom stereocenters. The molecule has 2 amide bonds. The van der Waals surface area contributed by atoms with Crippen LogP contribution < -0.4 is 5.32 Å². The molecule has 0 bridgehead atoms. The standard InChI is InChI=1S/C24H24ClN3O2S/c1-24-11-10-22(29)28(24)21(14-31-24)23(30)27-13-17(15-6-2-4-8-19(15)25)18-12-26-20-9-5-3-7-16(18)20/h2-9,12,17,21,26H,10-11,13-14H2,1H3,(H,27,30). The lowest BCUT2D eigenvalue weighted by Crippen LogP contribution is -2.50. The van der Waals surface area contributed by atoms with E-state index in [-0.39, 0.29) is 22.6 Å². The van der Waals surface area contributed by atoms with Gasteiger partial charge in [0.05, 0.1) is 4.87 Å². The zero-order valence-corrected chi connectivity index (χ0v) is 18.8. The van der Waals surface area contributed by atoms with E-state index in [2.05, 4.69) is 23.3 Å². The van der Waals surface area contributed by atoms with Gasteiger partial charge in [0.1, 0.15) is 6.04 Å². The number of aromatic amines is 1. The molecule has 1 aromatic heterocycles. The molecular formula is C24H24ClN3O2S. The number of aromatic nitrogens is 1. The summed E-state index contributed by atoms with van der Waals surface area (Å²) in [6, 6.07) is 15.5. The lowest BCUT2D eigenvalue weighted by molar-refractivity contribution is -0.137. The van der Waals surface area contributed by atoms with Crippen LogP contribution in [-0.4, -0.2) is 44.9 Å². The third-order valence-electron chi connectivity index (χ3n) is 6.51. The first kappa shape index (κ1) is 20.5. The number of benzene rings is 2. The van der Waals surface area contributed by atoms with Gasteiger partial charge in [-0.05, 0) is 36.6 Å². The van der Waals surface area contributed by atoms with Crippen molar-refractivity contribution in [1.82, 2.24) is 15.2 Å². The molecule has 0 saturated carbocycles. The Morgan fingerprint density at radius 3 is 2.87 bits per heavy atom. The van der Waals surface area contributed by atoms with Gasteiger partial charge < -0.3 is 15.2 Å². The highest BCUT2D eigenvalue weighted by Gasteiger charge is 2.52. The molecule has 31 heavy (non-hydrogen) atoms. The number of hydrogen-bond acceptors (Lipinski definition) is 3. The Labute approximate surface area is 190 Å². The second kappa shape index (κ2) is 7.92. The molecule has 2 fully saturated rings. The number of fused-ring (bicyclic) bond motifs is 2. The molecule has 7 heteroatoms. The number of halogens is 1. The van der Waals surface area contributed by atoms with Gasteiger partial charge in [0.15, 0.2) is 0 Å². The van der Waals surface area contributed by atoms with Gasteiger partial charge in [0.25, 0.3) is 0 Å². The fourth-order valence-electron chi connectivity index (χ4n) is 4.86. The van der Waals surface area contributed by atoms with Crippen LogP contribution in [0.5, 0.6) is 0 Å². The molecular weight excluding hydrogens is 430 g/mol. The number of carbonyl (C=O) groups excluding carboxylic acids is 2. The van der Waals surface area contributed by atoms with Crippen LogP contribution >= 0.6 is 23.4 Å². The van der Waals surface area contributed by atoms with E-state index in [0.29, 0.717) is 23.7 Å². The van der Waals surface area contributed by atoms with Gasteiger partial charge in [-0.15, -0.1) is 11.8 Å². The highest BCUT2D eigenvalue weighted by molar-refractivity contribution is 8.01. The van der Waals surface area contributed by atoms with Gasteiger partial charge >= 0.3 is 0 Å². The van der Waals surface area contributed by atoms with Crippen molar-refractivity contribution in [3.63, 3.8) is 0 Å². The first-order chi connectivity index (χ1) is 15.0. The summed E-state index contributed by atoms with van der Waals surface area (Å²) in [4.78, 5) is 30.5. The van der Waals surface area contributed by atoms with E-state index < -0.39 is 6.04 Å². The molecule has 2 aliphatic heterocycles. The van der Waals surface area contributed by atoms with E-state index in [1.807, 2.05) is 48.7 Å². The van der Waals surface area contributed by atoms with Crippen molar-refractivity contribution in [2.45, 2.75) is 36.6 Å². The number of rotatable bonds is 5. The molecule has 3 atom stereocenters. The molecule has 0 radical (unpaired) electrons. The van der Waals surface area contributed by atoms with Crippen LogP contribution in [0.1, 0.15) is 36.8 Å². The van der Waals surface area contributed by atoms with Crippen molar-refractivity contribution in [1.29, 1.82) is 0 Å². The normalized spacial score (nSPS) is 23.9. The summed E-state index contributed by atoms with van der Waals surface area (Å²) < 4.78 is 0. The van der Waals surface area contributed by atoms with Crippen molar-refractivity contribution in [3.8, 4) is 0 Å². The average molecular weight is 454 g/mol. The van der Waals surface area contributed by atoms with Crippen molar-refractivity contribution >= 4 is 46.1 Å². The maximum Gasteiger partial charge on any atom is 0.243 e. The number of amides is 2. The van der Waals surface area contributed by atoms with Crippen LogP contribution in [-0.2, 0) is 9.59 Å². The van der Waals surface area contributed by atoms with E-state index in [1.165, 1.54) is 0 Å². The van der Waals surface area contributed by atoms with E-state index >= 15 is 0 Å². The van der Waals surface area contributed by atoms with Gasteiger partial charge in [-0.2, -0.15) is 0 Å². The van der Waals surface area contributed by atoms with Gasteiger partial charge in [0, 0.05) is 46.8 Å². The van der Waals surface area contributed by atoms with Gasteiger partial charge in [0.2, 0.25) is 11.8 Å². The number of H-pyrrole nitrogens is 1. The summed E-state index contributed by atoms with van der Waals surface area (Å²) >= 11 is 8.27. The highest BCUT2D eigenvalue weighted by atomic mass is 35.5. The predicted molar refractivity (Wildman–Crippen MR) is 125 cm³/mol. The zero-order chi connectivity index (χ0) is 21.6. The topological polar surface area (TPSA) is 65.2 Å². The summed E-state index contributed by atoms with van der Waals surface area (Å²) in [6.07, 6.45) is 3.32. The maximum atomic E-state index is 13.2. The second-order valence-electron chi connectivity index (χ2n) is 8.37. The number of para-hydroxylation sites is 1. The smallest absolute Gasteiger partial charge is 0.243 e. The Balaban J connectivity index is 1.43. The predicted octanol–water partition coefficient (Wildman–Crippen LogP) is 4.52. The largest absolute Gasteiger partial charge is 0.361 e. The minimum atomic E-state index is -0.417. The molecule has 160 valence electrons. The van der Waals surface area contributed by atoms with Crippen molar-refractivity contribution < 1.29 is 9.59 Å². The lowest BCUT2D eigenvalue weighted by atomic mass is 9.90. The van der Waals surface area contributed by atoms with Crippen LogP contribution in [0.25, 0.3) is 10.9 Å². The molecule has 5 nitrogen and oxygen atoms in total. The van der Waals surface area contributed by atoms with Crippen LogP contribution in [0, 0.1) is 0 Å². The number of nitrogens with zero attached hydrogens (tertiary/aromatic N) is 1. The number of nitrogens with one attached hydrogen (secondary N) is 2. The minimum absolute atomic E-state index is 0.0759. The molecule has 0 spiro atoms. The Morgan fingerprint density at radius 1 is 1.26 bits per heavy atom. The third kappa shape index (κ3) is 3.52. The number of carbonyl (C=O) groups is 2. The number of hydrogen-bond donors (Lipinski definition) is 2. The summed E-state index contributed by atoms with van der Waals surface area (Å²) in [5.41, 5.74) is 3.11. The van der Waals surface area contributed by atoms with E-state index in [9.17, 15) is 9.59 Å². The summed E-state index contributed by atoms with van der Waals surface area (Å²) in [5, 5.41) is 4.92. The summed E-state index contributed by atoms with van der Waals surface area (Å²) in [5.74, 6) is 0.511. The summed E-state index contributed by atoms with van der Waals surface area (Å²) in [6.45, 7) is 2.47. The summed E-state index contributed by atoms with van der Waals surface area (Å²) in [7, 11) is 0. The molecule has 3 heterocycles. The van der Waals surface area contributed by atoms with Gasteiger partial charge in [-0.3, -0.25) is 9.59 Å². The molecule has 2 N–H and O–H groups in total. The quantitative estimate of drug-likeness (QED) is 0.596. The molecule has 3 aromatic rings. The molecule has 0 aliphatic carbocycles. The highest BCUT2D eigenvalue weighted by Crippen LogP contribution is 2.47. The fourth-order valence-corrected chi connectivity index (χ4v) is 6.56. The Morgan fingerprint density at radius 2 is 2.03 bits per heavy atom. The third-order valence-corrected chi connectivity index (χ3v) is 8.35. The Kier molecular flexibility index (Phi) is 5.22. The maximum absolute atomic E-state index is 13.2. The first-order valence-corrected chi connectivity index (χ1v) is 11.9. The molecule has 2 saturated heterocycles. The van der Waals surface area contributed by atoms with Crippen LogP contribution in [0.3, 0.4) is 0 Å². The van der Waals surface area contributed by atoms with E-state index in [0.717, 1.165) is 28.5 Å². The van der Waals surface area contributed by atoms with Crippen LogP contribution in [0.15, 0.2) is 54.7 Å². The van der Waals surface area contributed by atoms with Crippen molar-refractivity contribution in [2.75, 3.05) is 12.3 Å². The van der Waals surface area contributed by atoms with Crippen LogP contribution in [0.2, 0.25) is 5.02 Å². The van der Waals surface area contributed by atoms with E-state index in [1.54, 1.807) is 16.7 Å². The van der Waals surface area contributed by atoms with Crippen LogP contribution in [0.4, 0.5) is 0 Å². The van der Waals surface area contributed by atoms with E-state index in [4.69, 9.17) is 11.6 Å². The monoisotopic (exact) mass is 453 g/mol. The lowest BCUT2D eigenvalue weighted by Gasteiger charge is -2.30. The first-order valence-electron chi connectivity index (χ1n) is 10.5. The number of thioether (sulfide) groups is 1. The van der Waals surface area contributed by atoms with Crippen molar-refractivity contribution in [2.24, 2.45) is 0 Å². The minimum Gasteiger partial charge on any atom is -0.361 e. The van der Waals surface area contributed by atoms with Gasteiger partial charge in [-0.25, -0.2) is 0 Å². The zero-order valence-electron chi connectivity index (χ0n) is 17.2. The van der Waals surface area contributed by atoms with Gasteiger partial charge in [-0.1, -0.05) is 48.0 Å². The second-order valence-corrected chi connectivity index (χ2v) is 10.3. The Hall–Kier alpha value is -2.44. The molecule has 5 rings (SSSR count). The Bertz CT molecular complexity index is 1160. The molecule has 2 aliphatic rings.